The summed E-state index contributed by atoms with van der Waals surface area (Å²) in [5.74, 6) is -2.06. The molecule has 0 fully saturated rings. The van der Waals surface area contributed by atoms with E-state index < -0.39 is 41.5 Å². The second-order valence-electron chi connectivity index (χ2n) is 13.9. The first-order valence-corrected chi connectivity index (χ1v) is 24.6. The maximum atomic E-state index is 12.7. The molecular formula is C46H47N3O14S3. The molecule has 348 valence electrons. The van der Waals surface area contributed by atoms with Crippen molar-refractivity contribution in [2.75, 3.05) is 28.4 Å². The lowest BCUT2D eigenvalue weighted by molar-refractivity contribution is 0.0599. The number of ketones is 1. The standard InChI is InChI=1S/C17H19NO4S.C15H15NO5S.C14H13NO5S/c1-3-5-15(19)14-7-8-16(22-2)17(10-14)23(20,21)12-13-6-4-9-18-11-13;1-20-13-6-5-12(15(17)21-2)8-14(13)22(18,19)10-11-4-3-7-16-9-11;1-20-12-5-4-11(14(16)17)7-13(12)21(18,19)9-10-3-2-6-15-8-10/h4,6-11H,3,5,12H2,1-2H3;3-9H,10H2,1-2H3;2-8H,9H2,1H3,(H,16,17). The molecule has 0 bridgehead atoms. The third-order valence-electron chi connectivity index (χ3n) is 9.20. The summed E-state index contributed by atoms with van der Waals surface area (Å²) in [6.07, 6.45) is 10.2. The van der Waals surface area contributed by atoms with Crippen molar-refractivity contribution in [1.82, 2.24) is 15.0 Å². The molecule has 0 radical (unpaired) electrons. The van der Waals surface area contributed by atoms with Gasteiger partial charge in [-0.2, -0.15) is 0 Å². The Morgan fingerprint density at radius 2 is 0.864 bits per heavy atom. The van der Waals surface area contributed by atoms with Crippen LogP contribution in [0.4, 0.5) is 0 Å². The highest BCUT2D eigenvalue weighted by Gasteiger charge is 2.25. The highest BCUT2D eigenvalue weighted by Crippen LogP contribution is 2.31. The topological polar surface area (TPSA) is 249 Å². The van der Waals surface area contributed by atoms with Crippen molar-refractivity contribution >= 4 is 47.2 Å². The third kappa shape index (κ3) is 14.2. The number of hydrogen-bond acceptors (Lipinski definition) is 16. The minimum atomic E-state index is -3.74. The van der Waals surface area contributed by atoms with Crippen LogP contribution in [0.15, 0.2) is 143 Å². The van der Waals surface area contributed by atoms with Gasteiger partial charge in [-0.25, -0.2) is 34.8 Å². The fourth-order valence-electron chi connectivity index (χ4n) is 6.02. The first-order valence-electron chi connectivity index (χ1n) is 19.6. The Bertz CT molecular complexity index is 2960. The van der Waals surface area contributed by atoms with Crippen molar-refractivity contribution in [3.05, 3.63) is 162 Å². The van der Waals surface area contributed by atoms with Gasteiger partial charge in [0.2, 0.25) is 0 Å². The molecule has 0 spiro atoms. The van der Waals surface area contributed by atoms with Gasteiger partial charge in [0, 0.05) is 49.2 Å². The Balaban J connectivity index is 0.000000217. The summed E-state index contributed by atoms with van der Waals surface area (Å²) in [4.78, 5) is 46.1. The largest absolute Gasteiger partial charge is 0.495 e. The number of methoxy groups -OCH3 is 4. The molecule has 6 rings (SSSR count). The van der Waals surface area contributed by atoms with E-state index in [1.54, 1.807) is 61.1 Å². The molecule has 0 aliphatic carbocycles. The lowest BCUT2D eigenvalue weighted by Gasteiger charge is -2.11. The van der Waals surface area contributed by atoms with Gasteiger partial charge in [0.1, 0.15) is 31.9 Å². The highest BCUT2D eigenvalue weighted by atomic mass is 32.2. The predicted molar refractivity (Wildman–Crippen MR) is 242 cm³/mol. The van der Waals surface area contributed by atoms with Crippen LogP contribution in [0.1, 0.15) is 67.5 Å². The van der Waals surface area contributed by atoms with E-state index in [-0.39, 0.29) is 66.1 Å². The molecule has 1 N–H and O–H groups in total. The minimum Gasteiger partial charge on any atom is -0.495 e. The number of esters is 1. The molecule has 3 heterocycles. The molecule has 0 amide bonds. The molecule has 0 aliphatic rings. The van der Waals surface area contributed by atoms with Crippen molar-refractivity contribution in [3.8, 4) is 17.2 Å². The second kappa shape index (κ2) is 23.8. The minimum absolute atomic E-state index is 0.0332. The molecule has 3 aromatic heterocycles. The van der Waals surface area contributed by atoms with E-state index in [2.05, 4.69) is 19.7 Å². The molecule has 17 nitrogen and oxygen atoms in total. The van der Waals surface area contributed by atoms with Gasteiger partial charge in [-0.1, -0.05) is 25.1 Å². The van der Waals surface area contributed by atoms with Gasteiger partial charge in [-0.15, -0.1) is 0 Å². The summed E-state index contributed by atoms with van der Waals surface area (Å²) in [5.41, 5.74) is 2.07. The van der Waals surface area contributed by atoms with E-state index in [4.69, 9.17) is 19.3 Å². The van der Waals surface area contributed by atoms with Gasteiger partial charge in [-0.05, 0) is 95.9 Å². The monoisotopic (exact) mass is 961 g/mol. The van der Waals surface area contributed by atoms with Crippen molar-refractivity contribution in [3.63, 3.8) is 0 Å². The first kappa shape index (κ1) is 51.6. The number of carboxylic acids is 1. The van der Waals surface area contributed by atoms with Gasteiger partial charge in [0.25, 0.3) is 0 Å². The fourth-order valence-corrected chi connectivity index (χ4v) is 10.6. The molecule has 0 saturated carbocycles. The average Bonchev–Trinajstić information content (AvgIpc) is 3.31. The molecule has 66 heavy (non-hydrogen) atoms. The number of aromatic nitrogens is 3. The number of benzene rings is 3. The highest BCUT2D eigenvalue weighted by molar-refractivity contribution is 7.91. The van der Waals surface area contributed by atoms with Crippen molar-refractivity contribution in [2.45, 2.75) is 51.7 Å². The van der Waals surface area contributed by atoms with E-state index in [0.717, 1.165) is 6.07 Å². The molecule has 0 unspecified atom stereocenters. The maximum absolute atomic E-state index is 12.7. The average molecular weight is 962 g/mol. The molecule has 0 aliphatic heterocycles. The lowest BCUT2D eigenvalue weighted by Crippen LogP contribution is -2.09. The van der Waals surface area contributed by atoms with Crippen LogP contribution in [0.5, 0.6) is 17.2 Å². The summed E-state index contributed by atoms with van der Waals surface area (Å²) in [6.45, 7) is 1.90. The van der Waals surface area contributed by atoms with E-state index in [1.165, 1.54) is 89.5 Å². The summed E-state index contributed by atoms with van der Waals surface area (Å²) >= 11 is 0. The third-order valence-corrected chi connectivity index (χ3v) is 14.3. The van der Waals surface area contributed by atoms with Crippen LogP contribution in [-0.2, 0) is 51.5 Å². The Morgan fingerprint density at radius 1 is 0.515 bits per heavy atom. The zero-order valence-corrected chi connectivity index (χ0v) is 38.9. The predicted octanol–water partition coefficient (Wildman–Crippen LogP) is 6.66. The number of carbonyl (C=O) groups excluding carboxylic acids is 2. The van der Waals surface area contributed by atoms with Crippen LogP contribution < -0.4 is 14.2 Å². The lowest BCUT2D eigenvalue weighted by atomic mass is 10.1. The summed E-state index contributed by atoms with van der Waals surface area (Å²) in [5, 5.41) is 8.98. The number of hydrogen-bond donors (Lipinski definition) is 1. The van der Waals surface area contributed by atoms with Crippen LogP contribution >= 0.6 is 0 Å². The maximum Gasteiger partial charge on any atom is 0.337 e. The molecular weight excluding hydrogens is 915 g/mol. The quantitative estimate of drug-likeness (QED) is 0.0741. The number of ether oxygens (including phenoxy) is 4. The molecule has 0 saturated heterocycles. The van der Waals surface area contributed by atoms with Crippen molar-refractivity contribution in [2.24, 2.45) is 0 Å². The Morgan fingerprint density at radius 3 is 1.18 bits per heavy atom. The van der Waals surface area contributed by atoms with Gasteiger partial charge in [0.15, 0.2) is 35.3 Å². The first-order chi connectivity index (χ1) is 31.4. The SMILES string of the molecule is CCCC(=O)c1ccc(OC)c(S(=O)(=O)Cc2cccnc2)c1.COC(=O)c1ccc(OC)c(S(=O)(=O)Cc2cccnc2)c1.COc1ccc(C(=O)O)cc1S(=O)(=O)Cc1cccnc1. The van der Waals surface area contributed by atoms with Gasteiger partial charge < -0.3 is 24.1 Å². The Labute approximate surface area is 383 Å². The van der Waals surface area contributed by atoms with Crippen LogP contribution in [0, 0.1) is 0 Å². The van der Waals surface area contributed by atoms with Crippen LogP contribution in [-0.4, -0.2) is 91.5 Å². The number of carboxylic acid groups (broad SMARTS) is 1. The Hall–Kier alpha value is -7.03. The summed E-state index contributed by atoms with van der Waals surface area (Å²) in [6, 6.07) is 22.4. The molecule has 3 aromatic carbocycles. The summed E-state index contributed by atoms with van der Waals surface area (Å²) in [7, 11) is -5.73. The van der Waals surface area contributed by atoms with Crippen molar-refractivity contribution in [1.29, 1.82) is 0 Å². The Kier molecular flexibility index (Phi) is 18.6. The van der Waals surface area contributed by atoms with Gasteiger partial charge in [0.05, 0.1) is 56.8 Å². The number of Topliss-reactive ketones (excluding diaryl/α,β-unsaturated/α-hetero) is 1. The van der Waals surface area contributed by atoms with Gasteiger partial charge in [-0.3, -0.25) is 19.7 Å². The zero-order chi connectivity index (χ0) is 48.5. The number of aromatic carboxylic acids is 1. The number of carbonyl (C=O) groups is 3. The van der Waals surface area contributed by atoms with Crippen LogP contribution in [0.2, 0.25) is 0 Å². The van der Waals surface area contributed by atoms with E-state index >= 15 is 0 Å². The molecule has 20 heteroatoms. The van der Waals surface area contributed by atoms with Crippen LogP contribution in [0.25, 0.3) is 0 Å². The van der Waals surface area contributed by atoms with Crippen LogP contribution in [0.3, 0.4) is 0 Å². The molecule has 6 aromatic rings. The molecule has 0 atom stereocenters. The number of rotatable bonds is 17. The zero-order valence-electron chi connectivity index (χ0n) is 36.5. The fraction of sp³-hybridized carbons (Fsp3) is 0.217. The number of pyridine rings is 3. The normalized spacial score (nSPS) is 11.1. The number of nitrogens with zero attached hydrogens (tertiary/aromatic N) is 3. The smallest absolute Gasteiger partial charge is 0.337 e. The second-order valence-corrected chi connectivity index (χ2v) is 19.8. The number of sulfone groups is 3. The van der Waals surface area contributed by atoms with E-state index in [9.17, 15) is 39.6 Å². The van der Waals surface area contributed by atoms with Crippen molar-refractivity contribution < 1.29 is 63.7 Å². The van der Waals surface area contributed by atoms with E-state index in [0.29, 0.717) is 35.1 Å². The summed E-state index contributed by atoms with van der Waals surface area (Å²) < 4.78 is 95.3. The van der Waals surface area contributed by atoms with E-state index in [1.807, 2.05) is 6.92 Å². The van der Waals surface area contributed by atoms with Gasteiger partial charge >= 0.3 is 11.9 Å².